The van der Waals surface area contributed by atoms with Gasteiger partial charge in [-0.1, -0.05) is 76.9 Å². The number of rotatable bonds is 16. The molecule has 0 aromatic carbocycles. The van der Waals surface area contributed by atoms with E-state index in [0.717, 1.165) is 6.42 Å². The zero-order valence-corrected chi connectivity index (χ0v) is 13.7. The smallest absolute Gasteiger partial charge is 0.198 e. The maximum atomic E-state index is 10.0. The molecule has 0 aliphatic carbocycles. The Kier molecular flexibility index (Phi) is 17.9. The lowest BCUT2D eigenvalue weighted by Crippen LogP contribution is -1.81. The fourth-order valence-corrected chi connectivity index (χ4v) is 2.44. The summed E-state index contributed by atoms with van der Waals surface area (Å²) in [5.74, 6) is 0. The summed E-state index contributed by atoms with van der Waals surface area (Å²) < 4.78 is 0. The first kappa shape index (κ1) is 19.4. The Morgan fingerprint density at radius 3 is 1.60 bits per heavy atom. The summed E-state index contributed by atoms with van der Waals surface area (Å²) in [6.07, 6.45) is 25.7. The highest BCUT2D eigenvalue weighted by Crippen LogP contribution is 2.10. The highest BCUT2D eigenvalue weighted by molar-refractivity contribution is 5.50. The molecule has 0 N–H and O–H groups in total. The first-order valence-corrected chi connectivity index (χ1v) is 8.91. The third-order valence-corrected chi connectivity index (χ3v) is 3.79. The molecule has 0 heterocycles. The molecule has 117 valence electrons. The molecule has 0 aliphatic heterocycles. The Hall–Kier alpha value is -0.590. The maximum absolute atomic E-state index is 10.0. The Balaban J connectivity index is 3.03. The van der Waals surface area contributed by atoms with Gasteiger partial charge in [0.15, 0.2) is 6.29 Å². The Labute approximate surface area is 127 Å². The van der Waals surface area contributed by atoms with Crippen LogP contribution in [0.1, 0.15) is 103 Å². The van der Waals surface area contributed by atoms with E-state index in [0.29, 0.717) is 6.42 Å². The molecular formula is C19H35O. The molecule has 1 radical (unpaired) electrons. The molecule has 0 aromatic rings. The number of hydrogen-bond donors (Lipinski definition) is 0. The number of unbranched alkanes of at least 4 members (excludes halogenated alkanes) is 13. The van der Waals surface area contributed by atoms with Crippen molar-refractivity contribution in [3.63, 3.8) is 0 Å². The lowest BCUT2D eigenvalue weighted by molar-refractivity contribution is 0.541. The van der Waals surface area contributed by atoms with Crippen molar-refractivity contribution in [3.8, 4) is 0 Å². The lowest BCUT2D eigenvalue weighted by Gasteiger charge is -1.99. The zero-order valence-electron chi connectivity index (χ0n) is 13.7. The molecule has 0 aliphatic rings. The summed E-state index contributed by atoms with van der Waals surface area (Å²) in [6, 6.07) is 0. The molecule has 0 fully saturated rings. The van der Waals surface area contributed by atoms with Crippen molar-refractivity contribution >= 4 is 6.29 Å². The number of allylic oxidation sites excluding steroid dienone is 2. The van der Waals surface area contributed by atoms with E-state index < -0.39 is 0 Å². The molecule has 0 bridgehead atoms. The van der Waals surface area contributed by atoms with Gasteiger partial charge in [-0.25, -0.2) is 0 Å². The highest BCUT2D eigenvalue weighted by Gasteiger charge is 1.91. The van der Waals surface area contributed by atoms with Gasteiger partial charge >= 0.3 is 0 Å². The first-order chi connectivity index (χ1) is 9.91. The quantitative estimate of drug-likeness (QED) is 0.232. The van der Waals surface area contributed by atoms with Crippen molar-refractivity contribution in [1.82, 2.24) is 0 Å². The molecular weight excluding hydrogens is 244 g/mol. The lowest BCUT2D eigenvalue weighted by atomic mass is 10.1. The fraction of sp³-hybridized carbons (Fsp3) is 0.842. The fourth-order valence-electron chi connectivity index (χ4n) is 2.44. The van der Waals surface area contributed by atoms with Crippen LogP contribution in [0.15, 0.2) is 12.2 Å². The van der Waals surface area contributed by atoms with Gasteiger partial charge in [0.25, 0.3) is 0 Å². The van der Waals surface area contributed by atoms with E-state index in [-0.39, 0.29) is 0 Å². The molecule has 1 heteroatoms. The first-order valence-electron chi connectivity index (χ1n) is 8.91. The van der Waals surface area contributed by atoms with E-state index in [9.17, 15) is 4.79 Å². The summed E-state index contributed by atoms with van der Waals surface area (Å²) in [4.78, 5) is 10.0. The van der Waals surface area contributed by atoms with Gasteiger partial charge in [-0.3, -0.25) is 4.79 Å². The predicted octanol–water partition coefficient (Wildman–Crippen LogP) is 6.52. The van der Waals surface area contributed by atoms with Crippen LogP contribution in [-0.2, 0) is 4.79 Å². The zero-order chi connectivity index (χ0) is 14.7. The van der Waals surface area contributed by atoms with Crippen molar-refractivity contribution < 1.29 is 4.79 Å². The molecule has 0 unspecified atom stereocenters. The van der Waals surface area contributed by atoms with E-state index >= 15 is 0 Å². The molecule has 0 saturated carbocycles. The minimum atomic E-state index is 0.626. The molecule has 0 aromatic heterocycles. The van der Waals surface area contributed by atoms with Gasteiger partial charge < -0.3 is 0 Å². The van der Waals surface area contributed by atoms with Gasteiger partial charge in [0, 0.05) is 6.42 Å². The van der Waals surface area contributed by atoms with Crippen LogP contribution in [0.2, 0.25) is 0 Å². The Morgan fingerprint density at radius 2 is 1.10 bits per heavy atom. The molecule has 0 atom stereocenters. The molecule has 0 spiro atoms. The molecule has 20 heavy (non-hydrogen) atoms. The standard InChI is InChI=1S/C19H35O/c1-2-3-4-5-6-7-8-9-10-11-12-13-14-15-16-17-18-19-20/h9-10H,2-8,11-18H2,1H3. The van der Waals surface area contributed by atoms with Crippen LogP contribution in [0.4, 0.5) is 0 Å². The van der Waals surface area contributed by atoms with Gasteiger partial charge in [0.1, 0.15) is 0 Å². The molecule has 1 nitrogen and oxygen atoms in total. The van der Waals surface area contributed by atoms with E-state index in [1.54, 1.807) is 0 Å². The average molecular weight is 279 g/mol. The molecule has 0 amide bonds. The van der Waals surface area contributed by atoms with E-state index in [4.69, 9.17) is 0 Å². The normalized spacial score (nSPS) is 11.2. The van der Waals surface area contributed by atoms with Gasteiger partial charge in [0.2, 0.25) is 0 Å². The third-order valence-electron chi connectivity index (χ3n) is 3.79. The number of hydrogen-bond acceptors (Lipinski definition) is 1. The van der Waals surface area contributed by atoms with Crippen molar-refractivity contribution in [2.75, 3.05) is 0 Å². The van der Waals surface area contributed by atoms with E-state index in [1.165, 1.54) is 83.5 Å². The van der Waals surface area contributed by atoms with Crippen molar-refractivity contribution in [2.45, 2.75) is 103 Å². The SMILES string of the molecule is CCCCCCCCC=CCCCCCCCC[C]=O. The van der Waals surface area contributed by atoms with E-state index in [2.05, 4.69) is 19.1 Å². The van der Waals surface area contributed by atoms with Crippen molar-refractivity contribution in [2.24, 2.45) is 0 Å². The highest BCUT2D eigenvalue weighted by atomic mass is 16.1. The van der Waals surface area contributed by atoms with Crippen LogP contribution in [0.3, 0.4) is 0 Å². The number of carbonyl (C=O) groups excluding carboxylic acids is 1. The molecule has 0 saturated heterocycles. The molecule has 0 rings (SSSR count). The summed E-state index contributed by atoms with van der Waals surface area (Å²) in [5.41, 5.74) is 0. The van der Waals surface area contributed by atoms with Crippen LogP contribution in [0.25, 0.3) is 0 Å². The maximum Gasteiger partial charge on any atom is 0.198 e. The second kappa shape index (κ2) is 18.4. The van der Waals surface area contributed by atoms with Crippen LogP contribution in [-0.4, -0.2) is 6.29 Å². The van der Waals surface area contributed by atoms with Gasteiger partial charge in [-0.2, -0.15) is 0 Å². The van der Waals surface area contributed by atoms with E-state index in [1.807, 2.05) is 6.29 Å². The second-order valence-corrected chi connectivity index (χ2v) is 5.83. The van der Waals surface area contributed by atoms with Gasteiger partial charge in [0.05, 0.1) is 0 Å². The predicted molar refractivity (Wildman–Crippen MR) is 89.8 cm³/mol. The van der Waals surface area contributed by atoms with Crippen LogP contribution in [0, 0.1) is 0 Å². The summed E-state index contributed by atoms with van der Waals surface area (Å²) in [5, 5.41) is 0. The third kappa shape index (κ3) is 17.4. The summed E-state index contributed by atoms with van der Waals surface area (Å²) in [7, 11) is 0. The minimum Gasteiger partial charge on any atom is -0.291 e. The second-order valence-electron chi connectivity index (χ2n) is 5.83. The summed E-state index contributed by atoms with van der Waals surface area (Å²) in [6.45, 7) is 2.27. The van der Waals surface area contributed by atoms with Crippen LogP contribution >= 0.6 is 0 Å². The topological polar surface area (TPSA) is 17.1 Å². The van der Waals surface area contributed by atoms with Crippen molar-refractivity contribution in [3.05, 3.63) is 12.2 Å². The Morgan fingerprint density at radius 1 is 0.650 bits per heavy atom. The monoisotopic (exact) mass is 279 g/mol. The average Bonchev–Trinajstić information content (AvgIpc) is 2.47. The van der Waals surface area contributed by atoms with Gasteiger partial charge in [-0.15, -0.1) is 0 Å². The summed E-state index contributed by atoms with van der Waals surface area (Å²) >= 11 is 0. The van der Waals surface area contributed by atoms with Crippen LogP contribution < -0.4 is 0 Å². The largest absolute Gasteiger partial charge is 0.291 e. The Bertz CT molecular complexity index is 208. The van der Waals surface area contributed by atoms with Crippen LogP contribution in [0.5, 0.6) is 0 Å². The van der Waals surface area contributed by atoms with Gasteiger partial charge in [-0.05, 0) is 32.1 Å². The minimum absolute atomic E-state index is 0.626. The van der Waals surface area contributed by atoms with Crippen molar-refractivity contribution in [1.29, 1.82) is 0 Å².